The first-order valence-electron chi connectivity index (χ1n) is 6.71. The fourth-order valence-electron chi connectivity index (χ4n) is 2.14. The third-order valence-electron chi connectivity index (χ3n) is 3.13. The highest BCUT2D eigenvalue weighted by molar-refractivity contribution is 9.10. The first-order valence-corrected chi connectivity index (χ1v) is 7.51. The lowest BCUT2D eigenvalue weighted by Gasteiger charge is -2.14. The van der Waals surface area contributed by atoms with Gasteiger partial charge in [-0.25, -0.2) is 0 Å². The quantitative estimate of drug-likeness (QED) is 0.890. The smallest absolute Gasteiger partial charge is 0.241 e. The maximum atomic E-state index is 12.0. The zero-order valence-corrected chi connectivity index (χ0v) is 13.3. The van der Waals surface area contributed by atoms with Crippen molar-refractivity contribution in [2.24, 2.45) is 11.7 Å². The Balaban J connectivity index is 2.13. The molecule has 0 aromatic heterocycles. The molecule has 0 fully saturated rings. The zero-order chi connectivity index (χ0) is 14.7. The SMILES string of the molecule is CC(C)C[C@@H](N)C(=O)Nc1ccc2cc(Br)ccc2c1. The molecule has 2 rings (SSSR count). The Hall–Kier alpha value is -1.39. The standard InChI is InChI=1S/C16H19BrN2O/c1-10(2)7-15(18)16(20)19-14-6-4-11-8-13(17)5-3-12(11)9-14/h3-6,8-10,15H,7,18H2,1-2H3,(H,19,20)/t15-/m1/s1. The van der Waals surface area contributed by atoms with Crippen molar-refractivity contribution >= 4 is 38.3 Å². The van der Waals surface area contributed by atoms with Gasteiger partial charge >= 0.3 is 0 Å². The van der Waals surface area contributed by atoms with Gasteiger partial charge in [0.15, 0.2) is 0 Å². The van der Waals surface area contributed by atoms with Gasteiger partial charge in [0.1, 0.15) is 0 Å². The third kappa shape index (κ3) is 3.81. The van der Waals surface area contributed by atoms with Crippen LogP contribution in [0.4, 0.5) is 5.69 Å². The Morgan fingerprint density at radius 1 is 1.20 bits per heavy atom. The van der Waals surface area contributed by atoms with E-state index in [0.29, 0.717) is 12.3 Å². The van der Waals surface area contributed by atoms with E-state index in [1.807, 2.05) is 36.4 Å². The summed E-state index contributed by atoms with van der Waals surface area (Å²) >= 11 is 3.45. The number of rotatable bonds is 4. The van der Waals surface area contributed by atoms with Crippen molar-refractivity contribution in [3.05, 3.63) is 40.9 Å². The lowest BCUT2D eigenvalue weighted by Crippen LogP contribution is -2.36. The van der Waals surface area contributed by atoms with Crippen LogP contribution in [-0.4, -0.2) is 11.9 Å². The second kappa shape index (κ2) is 6.37. The van der Waals surface area contributed by atoms with Crippen LogP contribution in [-0.2, 0) is 4.79 Å². The molecule has 20 heavy (non-hydrogen) atoms. The molecule has 0 heterocycles. The number of amides is 1. The summed E-state index contributed by atoms with van der Waals surface area (Å²) in [5.74, 6) is 0.278. The maximum Gasteiger partial charge on any atom is 0.241 e. The molecular weight excluding hydrogens is 316 g/mol. The van der Waals surface area contributed by atoms with Gasteiger partial charge in [0.05, 0.1) is 6.04 Å². The molecule has 0 unspecified atom stereocenters. The third-order valence-corrected chi connectivity index (χ3v) is 3.63. The highest BCUT2D eigenvalue weighted by Gasteiger charge is 2.15. The van der Waals surface area contributed by atoms with Crippen LogP contribution in [0.5, 0.6) is 0 Å². The number of fused-ring (bicyclic) bond motifs is 1. The molecule has 0 radical (unpaired) electrons. The summed E-state index contributed by atoms with van der Waals surface area (Å²) in [6.45, 7) is 4.11. The molecule has 3 N–H and O–H groups in total. The number of carbonyl (C=O) groups is 1. The Morgan fingerprint density at radius 3 is 2.55 bits per heavy atom. The van der Waals surface area contributed by atoms with Crippen molar-refractivity contribution in [2.45, 2.75) is 26.3 Å². The summed E-state index contributed by atoms with van der Waals surface area (Å²) in [6.07, 6.45) is 0.687. The van der Waals surface area contributed by atoms with Gasteiger partial charge in [-0.2, -0.15) is 0 Å². The minimum Gasteiger partial charge on any atom is -0.325 e. The molecule has 0 aliphatic carbocycles. The van der Waals surface area contributed by atoms with Crippen molar-refractivity contribution in [3.63, 3.8) is 0 Å². The molecule has 106 valence electrons. The van der Waals surface area contributed by atoms with Gasteiger partial charge in [-0.1, -0.05) is 41.9 Å². The average molecular weight is 335 g/mol. The van der Waals surface area contributed by atoms with Gasteiger partial charge in [0.2, 0.25) is 5.91 Å². The van der Waals surface area contributed by atoms with E-state index >= 15 is 0 Å². The van der Waals surface area contributed by atoms with Crippen LogP contribution in [0.1, 0.15) is 20.3 Å². The molecule has 0 aliphatic heterocycles. The number of carbonyl (C=O) groups excluding carboxylic acids is 1. The van der Waals surface area contributed by atoms with Crippen molar-refractivity contribution in [1.29, 1.82) is 0 Å². The minimum atomic E-state index is -0.462. The summed E-state index contributed by atoms with van der Waals surface area (Å²) in [7, 11) is 0. The molecule has 3 nitrogen and oxygen atoms in total. The normalized spacial score (nSPS) is 12.7. The van der Waals surface area contributed by atoms with Crippen LogP contribution in [0.2, 0.25) is 0 Å². The molecule has 0 bridgehead atoms. The highest BCUT2D eigenvalue weighted by Crippen LogP contribution is 2.23. The summed E-state index contributed by atoms with van der Waals surface area (Å²) in [6, 6.07) is 11.4. The molecule has 0 aliphatic rings. The van der Waals surface area contributed by atoms with Crippen LogP contribution in [0, 0.1) is 5.92 Å². The Labute approximate surface area is 127 Å². The topological polar surface area (TPSA) is 55.1 Å². The fourth-order valence-corrected chi connectivity index (χ4v) is 2.52. The molecule has 1 amide bonds. The monoisotopic (exact) mass is 334 g/mol. The summed E-state index contributed by atoms with van der Waals surface area (Å²) in [5.41, 5.74) is 6.66. The number of hydrogen-bond acceptors (Lipinski definition) is 2. The van der Waals surface area contributed by atoms with Gasteiger partial charge < -0.3 is 11.1 Å². The summed E-state index contributed by atoms with van der Waals surface area (Å²) in [5, 5.41) is 5.09. The van der Waals surface area contributed by atoms with E-state index < -0.39 is 6.04 Å². The Bertz CT molecular complexity index is 625. The van der Waals surface area contributed by atoms with Crippen LogP contribution >= 0.6 is 15.9 Å². The number of benzene rings is 2. The minimum absolute atomic E-state index is 0.129. The van der Waals surface area contributed by atoms with Crippen LogP contribution < -0.4 is 11.1 Å². The average Bonchev–Trinajstić information content (AvgIpc) is 2.38. The summed E-state index contributed by atoms with van der Waals surface area (Å²) < 4.78 is 1.04. The largest absolute Gasteiger partial charge is 0.325 e. The van der Waals surface area contributed by atoms with E-state index in [-0.39, 0.29) is 5.91 Å². The van der Waals surface area contributed by atoms with Crippen molar-refractivity contribution in [1.82, 2.24) is 0 Å². The van der Waals surface area contributed by atoms with Gasteiger partial charge in [0, 0.05) is 10.2 Å². The van der Waals surface area contributed by atoms with Crippen LogP contribution in [0.15, 0.2) is 40.9 Å². The van der Waals surface area contributed by atoms with E-state index in [9.17, 15) is 4.79 Å². The Morgan fingerprint density at radius 2 is 1.85 bits per heavy atom. The molecule has 4 heteroatoms. The second-order valence-corrected chi connectivity index (χ2v) is 6.35. The van der Waals surface area contributed by atoms with E-state index in [1.165, 1.54) is 0 Å². The van der Waals surface area contributed by atoms with Crippen molar-refractivity contribution in [3.8, 4) is 0 Å². The zero-order valence-electron chi connectivity index (χ0n) is 11.7. The predicted octanol–water partition coefficient (Wildman–Crippen LogP) is 3.91. The van der Waals surface area contributed by atoms with E-state index in [4.69, 9.17) is 5.73 Å². The van der Waals surface area contributed by atoms with Crippen molar-refractivity contribution < 1.29 is 4.79 Å². The molecule has 0 spiro atoms. The fraction of sp³-hybridized carbons (Fsp3) is 0.312. The lowest BCUT2D eigenvalue weighted by atomic mass is 10.0. The van der Waals surface area contributed by atoms with E-state index in [1.54, 1.807) is 0 Å². The van der Waals surface area contributed by atoms with Crippen LogP contribution in [0.3, 0.4) is 0 Å². The predicted molar refractivity (Wildman–Crippen MR) is 87.7 cm³/mol. The first kappa shape index (κ1) is 15.0. The molecule has 0 saturated heterocycles. The number of hydrogen-bond donors (Lipinski definition) is 2. The van der Waals surface area contributed by atoms with Crippen LogP contribution in [0.25, 0.3) is 10.8 Å². The van der Waals surface area contributed by atoms with Gasteiger partial charge in [-0.05, 0) is 47.4 Å². The maximum absolute atomic E-state index is 12.0. The number of nitrogens with two attached hydrogens (primary N) is 1. The lowest BCUT2D eigenvalue weighted by molar-refractivity contribution is -0.117. The number of anilines is 1. The van der Waals surface area contributed by atoms with Gasteiger partial charge in [-0.15, -0.1) is 0 Å². The first-order chi connectivity index (χ1) is 9.45. The number of nitrogens with one attached hydrogen (secondary N) is 1. The molecule has 0 saturated carbocycles. The van der Waals surface area contributed by atoms with Gasteiger partial charge in [-0.3, -0.25) is 4.79 Å². The Kier molecular flexibility index (Phi) is 4.78. The molecule has 2 aromatic rings. The molecular formula is C16H19BrN2O. The highest BCUT2D eigenvalue weighted by atomic mass is 79.9. The van der Waals surface area contributed by atoms with Gasteiger partial charge in [0.25, 0.3) is 0 Å². The van der Waals surface area contributed by atoms with Crippen molar-refractivity contribution in [2.75, 3.05) is 5.32 Å². The number of halogens is 1. The molecule has 1 atom stereocenters. The second-order valence-electron chi connectivity index (χ2n) is 5.43. The van der Waals surface area contributed by atoms with E-state index in [2.05, 4.69) is 35.1 Å². The molecule has 2 aromatic carbocycles. The van der Waals surface area contributed by atoms with E-state index in [0.717, 1.165) is 20.9 Å². The summed E-state index contributed by atoms with van der Waals surface area (Å²) in [4.78, 5) is 12.0.